The molecule has 2 aromatic carbocycles. The van der Waals surface area contributed by atoms with Crippen LogP contribution in [-0.2, 0) is 6.18 Å². The van der Waals surface area contributed by atoms with Crippen LogP contribution >= 0.6 is 11.6 Å². The molecule has 9 heteroatoms. The molecular weight excluding hydrogens is 383 g/mol. The van der Waals surface area contributed by atoms with Gasteiger partial charge in [0.2, 0.25) is 0 Å². The molecule has 138 valence electrons. The molecule has 0 aliphatic heterocycles. The highest BCUT2D eigenvalue weighted by Gasteiger charge is 2.37. The SMILES string of the molecule is O=C(Nc1ccccc1)c1nn(-c2ccc(Cl)cc2)c(=O)cc1C(F)(F)F. The van der Waals surface area contributed by atoms with Crippen molar-refractivity contribution < 1.29 is 18.0 Å². The molecule has 0 aliphatic rings. The molecule has 0 spiro atoms. The molecule has 1 aromatic heterocycles. The number of para-hydroxylation sites is 1. The van der Waals surface area contributed by atoms with Crippen molar-refractivity contribution in [1.82, 2.24) is 9.78 Å². The minimum Gasteiger partial charge on any atom is -0.321 e. The number of anilines is 1. The van der Waals surface area contributed by atoms with E-state index in [1.807, 2.05) is 0 Å². The number of carbonyl (C=O) groups excluding carboxylic acids is 1. The Morgan fingerprint density at radius 3 is 2.26 bits per heavy atom. The second kappa shape index (κ2) is 7.24. The lowest BCUT2D eigenvalue weighted by molar-refractivity contribution is -0.138. The topological polar surface area (TPSA) is 64.0 Å². The fraction of sp³-hybridized carbons (Fsp3) is 0.0556. The average Bonchev–Trinajstić information content (AvgIpc) is 2.62. The van der Waals surface area contributed by atoms with E-state index < -0.39 is 28.9 Å². The quantitative estimate of drug-likeness (QED) is 0.726. The number of carbonyl (C=O) groups is 1. The molecule has 3 aromatic rings. The number of aromatic nitrogens is 2. The third-order valence-electron chi connectivity index (χ3n) is 3.56. The fourth-order valence-corrected chi connectivity index (χ4v) is 2.44. The largest absolute Gasteiger partial charge is 0.418 e. The molecule has 1 N–H and O–H groups in total. The van der Waals surface area contributed by atoms with Crippen LogP contribution in [0.25, 0.3) is 5.69 Å². The third-order valence-corrected chi connectivity index (χ3v) is 3.81. The molecule has 0 atom stereocenters. The standard InChI is InChI=1S/C18H11ClF3N3O2/c19-11-6-8-13(9-7-11)25-15(26)10-14(18(20,21)22)16(24-25)17(27)23-12-4-2-1-3-5-12/h1-10H,(H,23,27). The lowest BCUT2D eigenvalue weighted by Crippen LogP contribution is -2.30. The van der Waals surface area contributed by atoms with Crippen LogP contribution in [0, 0.1) is 0 Å². The van der Waals surface area contributed by atoms with E-state index in [2.05, 4.69) is 10.4 Å². The van der Waals surface area contributed by atoms with Gasteiger partial charge in [-0.05, 0) is 36.4 Å². The Labute approximate surface area is 156 Å². The van der Waals surface area contributed by atoms with Gasteiger partial charge in [0.15, 0.2) is 5.69 Å². The summed E-state index contributed by atoms with van der Waals surface area (Å²) in [4.78, 5) is 24.6. The first-order chi connectivity index (χ1) is 12.8. The van der Waals surface area contributed by atoms with Gasteiger partial charge in [-0.2, -0.15) is 23.0 Å². The van der Waals surface area contributed by atoms with Gasteiger partial charge >= 0.3 is 6.18 Å². The summed E-state index contributed by atoms with van der Waals surface area (Å²) in [6.07, 6.45) is -4.92. The minimum atomic E-state index is -4.92. The summed E-state index contributed by atoms with van der Waals surface area (Å²) in [5.41, 5.74) is -2.89. The Morgan fingerprint density at radius 2 is 1.67 bits per heavy atom. The first-order valence-corrected chi connectivity index (χ1v) is 7.97. The van der Waals surface area contributed by atoms with E-state index in [0.717, 1.165) is 0 Å². The summed E-state index contributed by atoms with van der Waals surface area (Å²) in [5, 5.41) is 6.38. The van der Waals surface area contributed by atoms with Gasteiger partial charge in [0.25, 0.3) is 11.5 Å². The second-order valence-corrected chi connectivity index (χ2v) is 5.89. The molecule has 0 saturated heterocycles. The highest BCUT2D eigenvalue weighted by atomic mass is 35.5. The van der Waals surface area contributed by atoms with E-state index in [-0.39, 0.29) is 5.69 Å². The first-order valence-electron chi connectivity index (χ1n) is 7.59. The van der Waals surface area contributed by atoms with Gasteiger partial charge in [-0.1, -0.05) is 29.8 Å². The van der Waals surface area contributed by atoms with Crippen molar-refractivity contribution in [3.63, 3.8) is 0 Å². The molecule has 3 rings (SSSR count). The van der Waals surface area contributed by atoms with Crippen molar-refractivity contribution in [3.8, 4) is 5.69 Å². The smallest absolute Gasteiger partial charge is 0.321 e. The Morgan fingerprint density at radius 1 is 1.04 bits per heavy atom. The first kappa shape index (κ1) is 18.7. The second-order valence-electron chi connectivity index (χ2n) is 5.45. The minimum absolute atomic E-state index is 0.173. The predicted octanol–water partition coefficient (Wildman–Crippen LogP) is 4.16. The van der Waals surface area contributed by atoms with E-state index in [4.69, 9.17) is 11.6 Å². The van der Waals surface area contributed by atoms with E-state index in [1.54, 1.807) is 18.2 Å². The summed E-state index contributed by atoms with van der Waals surface area (Å²) in [5.74, 6) is -1.09. The molecule has 1 amide bonds. The number of rotatable bonds is 3. The zero-order valence-corrected chi connectivity index (χ0v) is 14.3. The Bertz CT molecular complexity index is 1030. The number of hydrogen-bond acceptors (Lipinski definition) is 3. The molecule has 27 heavy (non-hydrogen) atoms. The fourth-order valence-electron chi connectivity index (χ4n) is 2.32. The molecule has 5 nitrogen and oxygen atoms in total. The van der Waals surface area contributed by atoms with Crippen molar-refractivity contribution >= 4 is 23.2 Å². The summed E-state index contributed by atoms with van der Waals surface area (Å²) in [7, 11) is 0. The van der Waals surface area contributed by atoms with Gasteiger partial charge in [-0.25, -0.2) is 0 Å². The van der Waals surface area contributed by atoms with Crippen LogP contribution in [0.15, 0.2) is 65.5 Å². The molecule has 0 unspecified atom stereocenters. The van der Waals surface area contributed by atoms with Gasteiger partial charge in [0.05, 0.1) is 11.3 Å². The molecule has 1 heterocycles. The van der Waals surface area contributed by atoms with E-state index in [9.17, 15) is 22.8 Å². The maximum absolute atomic E-state index is 13.3. The van der Waals surface area contributed by atoms with Gasteiger partial charge in [-0.3, -0.25) is 9.59 Å². The lowest BCUT2D eigenvalue weighted by Gasteiger charge is -2.14. The van der Waals surface area contributed by atoms with Crippen LogP contribution in [0.1, 0.15) is 16.1 Å². The Hall–Kier alpha value is -3.13. The van der Waals surface area contributed by atoms with Crippen molar-refractivity contribution in [3.05, 3.63) is 87.3 Å². The number of benzene rings is 2. The normalized spacial score (nSPS) is 11.3. The highest BCUT2D eigenvalue weighted by molar-refractivity contribution is 6.30. The number of alkyl halides is 3. The monoisotopic (exact) mass is 393 g/mol. The molecule has 0 saturated carbocycles. The maximum atomic E-state index is 13.3. The number of amides is 1. The number of hydrogen-bond donors (Lipinski definition) is 1. The van der Waals surface area contributed by atoms with Crippen molar-refractivity contribution in [1.29, 1.82) is 0 Å². The zero-order chi connectivity index (χ0) is 19.6. The van der Waals surface area contributed by atoms with Crippen LogP contribution in [0.2, 0.25) is 5.02 Å². The highest BCUT2D eigenvalue weighted by Crippen LogP contribution is 2.30. The van der Waals surface area contributed by atoms with Crippen molar-refractivity contribution in [2.45, 2.75) is 6.18 Å². The van der Waals surface area contributed by atoms with Crippen LogP contribution in [0.4, 0.5) is 18.9 Å². The van der Waals surface area contributed by atoms with E-state index in [0.29, 0.717) is 21.5 Å². The van der Waals surface area contributed by atoms with Gasteiger partial charge in [0, 0.05) is 16.8 Å². The van der Waals surface area contributed by atoms with E-state index >= 15 is 0 Å². The Balaban J connectivity index is 2.12. The van der Waals surface area contributed by atoms with Crippen molar-refractivity contribution in [2.24, 2.45) is 0 Å². The van der Waals surface area contributed by atoms with E-state index in [1.165, 1.54) is 36.4 Å². The van der Waals surface area contributed by atoms with Crippen LogP contribution in [0.3, 0.4) is 0 Å². The predicted molar refractivity (Wildman–Crippen MR) is 94.2 cm³/mol. The number of nitrogens with zero attached hydrogens (tertiary/aromatic N) is 2. The van der Waals surface area contributed by atoms with Gasteiger partial charge in [-0.15, -0.1) is 0 Å². The number of nitrogens with one attached hydrogen (secondary N) is 1. The van der Waals surface area contributed by atoms with Crippen molar-refractivity contribution in [2.75, 3.05) is 5.32 Å². The third kappa shape index (κ3) is 4.17. The maximum Gasteiger partial charge on any atom is 0.418 e. The summed E-state index contributed by atoms with van der Waals surface area (Å²) >= 11 is 5.78. The molecule has 0 fully saturated rings. The van der Waals surface area contributed by atoms with Crippen LogP contribution in [0.5, 0.6) is 0 Å². The lowest BCUT2D eigenvalue weighted by atomic mass is 10.2. The van der Waals surface area contributed by atoms with Gasteiger partial charge < -0.3 is 5.32 Å². The number of halogens is 4. The molecule has 0 bridgehead atoms. The zero-order valence-electron chi connectivity index (χ0n) is 13.5. The van der Waals surface area contributed by atoms with Gasteiger partial charge in [0.1, 0.15) is 0 Å². The molecular formula is C18H11ClF3N3O2. The average molecular weight is 394 g/mol. The summed E-state index contributed by atoms with van der Waals surface area (Å²) in [6.45, 7) is 0. The molecule has 0 aliphatic carbocycles. The summed E-state index contributed by atoms with van der Waals surface area (Å²) < 4.78 is 40.7. The Kier molecular flexibility index (Phi) is 5.00. The summed E-state index contributed by atoms with van der Waals surface area (Å²) in [6, 6.07) is 14.0. The van der Waals surface area contributed by atoms with Crippen LogP contribution < -0.4 is 10.9 Å². The van der Waals surface area contributed by atoms with Crippen LogP contribution in [-0.4, -0.2) is 15.7 Å². The molecule has 0 radical (unpaired) electrons.